The zero-order valence-electron chi connectivity index (χ0n) is 13.5. The average molecular weight is 311 g/mol. The van der Waals surface area contributed by atoms with Gasteiger partial charge in [0.2, 0.25) is 10.0 Å². The van der Waals surface area contributed by atoms with Crippen LogP contribution in [0.2, 0.25) is 0 Å². The molecule has 5 heteroatoms. The molecule has 2 unspecified atom stereocenters. The monoisotopic (exact) mass is 311 g/mol. The van der Waals surface area contributed by atoms with Crippen molar-refractivity contribution in [2.75, 3.05) is 20.2 Å². The number of piperidine rings is 1. The molecule has 1 aromatic rings. The molecule has 0 bridgehead atoms. The van der Waals surface area contributed by atoms with Crippen LogP contribution in [0.3, 0.4) is 0 Å². The SMILES string of the molecule is COc1cc(C)cc(C)c1S(=O)(=O)N1CC(C)CC(C)C1. The van der Waals surface area contributed by atoms with Crippen molar-refractivity contribution in [2.45, 2.75) is 39.0 Å². The van der Waals surface area contributed by atoms with Gasteiger partial charge >= 0.3 is 0 Å². The fourth-order valence-electron chi connectivity index (χ4n) is 3.33. The molecule has 1 heterocycles. The summed E-state index contributed by atoms with van der Waals surface area (Å²) in [4.78, 5) is 0.317. The van der Waals surface area contributed by atoms with E-state index in [4.69, 9.17) is 4.74 Å². The quantitative estimate of drug-likeness (QED) is 0.862. The Balaban J connectivity index is 2.49. The number of aryl methyl sites for hydroxylation is 2. The van der Waals surface area contributed by atoms with Gasteiger partial charge < -0.3 is 4.74 Å². The Morgan fingerprint density at radius 3 is 2.24 bits per heavy atom. The van der Waals surface area contributed by atoms with Gasteiger partial charge in [0.1, 0.15) is 10.6 Å². The molecule has 1 fully saturated rings. The van der Waals surface area contributed by atoms with Gasteiger partial charge in [-0.3, -0.25) is 0 Å². The molecule has 1 aromatic carbocycles. The van der Waals surface area contributed by atoms with Crippen LogP contribution in [0.1, 0.15) is 31.4 Å². The summed E-state index contributed by atoms with van der Waals surface area (Å²) in [6, 6.07) is 3.68. The third-order valence-corrected chi connectivity index (χ3v) is 6.06. The smallest absolute Gasteiger partial charge is 0.247 e. The van der Waals surface area contributed by atoms with Crippen molar-refractivity contribution in [3.63, 3.8) is 0 Å². The topological polar surface area (TPSA) is 46.6 Å². The standard InChI is InChI=1S/C16H25NO3S/c1-11-7-14(4)16(15(8-11)20-5)21(18,19)17-9-12(2)6-13(3)10-17/h7-8,12-13H,6,9-10H2,1-5H3. The van der Waals surface area contributed by atoms with Crippen molar-refractivity contribution in [3.8, 4) is 5.75 Å². The number of hydrogen-bond acceptors (Lipinski definition) is 3. The zero-order chi connectivity index (χ0) is 15.8. The highest BCUT2D eigenvalue weighted by Gasteiger charge is 2.34. The number of benzene rings is 1. The molecule has 2 rings (SSSR count). The van der Waals surface area contributed by atoms with E-state index in [0.29, 0.717) is 35.6 Å². The van der Waals surface area contributed by atoms with Gasteiger partial charge in [0.15, 0.2) is 0 Å². The minimum Gasteiger partial charge on any atom is -0.495 e. The Kier molecular flexibility index (Phi) is 4.63. The van der Waals surface area contributed by atoms with Crippen molar-refractivity contribution in [2.24, 2.45) is 11.8 Å². The fourth-order valence-corrected chi connectivity index (χ4v) is 5.35. The number of hydrogen-bond donors (Lipinski definition) is 0. The second-order valence-electron chi connectivity index (χ2n) is 6.38. The van der Waals surface area contributed by atoms with E-state index in [1.165, 1.54) is 7.11 Å². The van der Waals surface area contributed by atoms with Crippen LogP contribution in [0.5, 0.6) is 5.75 Å². The van der Waals surface area contributed by atoms with Crippen LogP contribution < -0.4 is 4.74 Å². The van der Waals surface area contributed by atoms with Crippen LogP contribution in [0.25, 0.3) is 0 Å². The van der Waals surface area contributed by atoms with Gasteiger partial charge in [-0.2, -0.15) is 4.31 Å². The van der Waals surface area contributed by atoms with Crippen molar-refractivity contribution in [1.82, 2.24) is 4.31 Å². The lowest BCUT2D eigenvalue weighted by molar-refractivity contribution is 0.222. The number of rotatable bonds is 3. The Hall–Kier alpha value is -1.07. The van der Waals surface area contributed by atoms with Gasteiger partial charge in [-0.25, -0.2) is 8.42 Å². The maximum Gasteiger partial charge on any atom is 0.247 e. The lowest BCUT2D eigenvalue weighted by atomic mass is 9.94. The van der Waals surface area contributed by atoms with Gasteiger partial charge in [-0.05, 0) is 49.3 Å². The zero-order valence-corrected chi connectivity index (χ0v) is 14.3. The predicted molar refractivity (Wildman–Crippen MR) is 84.2 cm³/mol. The highest BCUT2D eigenvalue weighted by atomic mass is 32.2. The normalized spacial score (nSPS) is 24.0. The van der Waals surface area contributed by atoms with Crippen LogP contribution in [0.4, 0.5) is 0 Å². The molecule has 0 saturated carbocycles. The third-order valence-electron chi connectivity index (χ3n) is 4.04. The number of sulfonamides is 1. The van der Waals surface area contributed by atoms with E-state index in [2.05, 4.69) is 13.8 Å². The molecule has 0 aliphatic carbocycles. The summed E-state index contributed by atoms with van der Waals surface area (Å²) in [5.74, 6) is 1.22. The third kappa shape index (κ3) is 3.24. The molecule has 4 nitrogen and oxygen atoms in total. The molecular formula is C16H25NO3S. The first-order valence-corrected chi connectivity index (χ1v) is 8.85. The summed E-state index contributed by atoms with van der Waals surface area (Å²) >= 11 is 0. The first-order chi connectivity index (χ1) is 9.75. The molecule has 118 valence electrons. The van der Waals surface area contributed by atoms with Gasteiger partial charge in [0.05, 0.1) is 7.11 Å². The maximum atomic E-state index is 13.0. The van der Waals surface area contributed by atoms with Gasteiger partial charge in [0.25, 0.3) is 0 Å². The summed E-state index contributed by atoms with van der Waals surface area (Å²) in [6.45, 7) is 9.16. The molecule has 0 radical (unpaired) electrons. The van der Waals surface area contributed by atoms with Gasteiger partial charge in [-0.15, -0.1) is 0 Å². The molecule has 21 heavy (non-hydrogen) atoms. The molecule has 0 amide bonds. The number of methoxy groups -OCH3 is 1. The Labute approximate surface area is 128 Å². The molecule has 2 atom stereocenters. The molecule has 1 aliphatic heterocycles. The molecule has 0 spiro atoms. The van der Waals surface area contributed by atoms with Crippen molar-refractivity contribution in [3.05, 3.63) is 23.3 Å². The minimum absolute atomic E-state index is 0.317. The Morgan fingerprint density at radius 2 is 1.71 bits per heavy atom. The largest absolute Gasteiger partial charge is 0.495 e. The van der Waals surface area contributed by atoms with E-state index in [-0.39, 0.29) is 0 Å². The van der Waals surface area contributed by atoms with E-state index < -0.39 is 10.0 Å². The van der Waals surface area contributed by atoms with Gasteiger partial charge in [-0.1, -0.05) is 19.9 Å². The maximum absolute atomic E-state index is 13.0. The highest BCUT2D eigenvalue weighted by molar-refractivity contribution is 7.89. The lowest BCUT2D eigenvalue weighted by Crippen LogP contribution is -2.42. The summed E-state index contributed by atoms with van der Waals surface area (Å²) in [7, 11) is -1.99. The summed E-state index contributed by atoms with van der Waals surface area (Å²) < 4.78 is 33.0. The number of nitrogens with zero attached hydrogens (tertiary/aromatic N) is 1. The molecule has 1 aliphatic rings. The second kappa shape index (κ2) is 5.97. The first-order valence-electron chi connectivity index (χ1n) is 7.41. The van der Waals surface area contributed by atoms with Crippen molar-refractivity contribution in [1.29, 1.82) is 0 Å². The molecule has 1 saturated heterocycles. The van der Waals surface area contributed by atoms with Gasteiger partial charge in [0, 0.05) is 13.1 Å². The van der Waals surface area contributed by atoms with Crippen LogP contribution in [0.15, 0.2) is 17.0 Å². The molecular weight excluding hydrogens is 286 g/mol. The summed E-state index contributed by atoms with van der Waals surface area (Å²) in [5.41, 5.74) is 1.75. The molecule has 0 N–H and O–H groups in total. The van der Waals surface area contributed by atoms with Crippen LogP contribution in [-0.2, 0) is 10.0 Å². The van der Waals surface area contributed by atoms with E-state index >= 15 is 0 Å². The first kappa shape index (κ1) is 16.3. The average Bonchev–Trinajstić information content (AvgIpc) is 2.35. The van der Waals surface area contributed by atoms with E-state index in [0.717, 1.165) is 17.5 Å². The van der Waals surface area contributed by atoms with E-state index in [9.17, 15) is 8.42 Å². The predicted octanol–water partition coefficient (Wildman–Crippen LogP) is 2.98. The second-order valence-corrected chi connectivity index (χ2v) is 8.26. The minimum atomic E-state index is -3.51. The number of ether oxygens (including phenoxy) is 1. The lowest BCUT2D eigenvalue weighted by Gasteiger charge is -2.34. The summed E-state index contributed by atoms with van der Waals surface area (Å²) in [5, 5.41) is 0. The highest BCUT2D eigenvalue weighted by Crippen LogP contribution is 2.34. The van der Waals surface area contributed by atoms with E-state index in [1.54, 1.807) is 10.4 Å². The van der Waals surface area contributed by atoms with Crippen LogP contribution >= 0.6 is 0 Å². The van der Waals surface area contributed by atoms with Crippen LogP contribution in [-0.4, -0.2) is 32.9 Å². The van der Waals surface area contributed by atoms with E-state index in [1.807, 2.05) is 19.9 Å². The Bertz CT molecular complexity index is 615. The molecule has 0 aromatic heterocycles. The van der Waals surface area contributed by atoms with Crippen molar-refractivity contribution >= 4 is 10.0 Å². The fraction of sp³-hybridized carbons (Fsp3) is 0.625. The van der Waals surface area contributed by atoms with Crippen molar-refractivity contribution < 1.29 is 13.2 Å². The summed E-state index contributed by atoms with van der Waals surface area (Å²) in [6.07, 6.45) is 1.08. The van der Waals surface area contributed by atoms with Crippen LogP contribution in [0, 0.1) is 25.7 Å². The Morgan fingerprint density at radius 1 is 1.14 bits per heavy atom.